The zero-order valence-corrected chi connectivity index (χ0v) is 40.3. The average molecular weight is 905 g/mol. The molecule has 0 saturated carbocycles. The molecule has 0 saturated heterocycles. The van der Waals surface area contributed by atoms with E-state index in [1.165, 1.54) is 22.3 Å². The molecule has 338 valence electrons. The van der Waals surface area contributed by atoms with Crippen molar-refractivity contribution in [1.82, 2.24) is 19.9 Å². The van der Waals surface area contributed by atoms with Gasteiger partial charge in [0.25, 0.3) is 0 Å². The minimum Gasteiger partial charge on any atom is -0.278 e. The van der Waals surface area contributed by atoms with E-state index in [9.17, 15) is 0 Å². The van der Waals surface area contributed by atoms with E-state index in [2.05, 4.69) is 258 Å². The van der Waals surface area contributed by atoms with Crippen LogP contribution in [0, 0.1) is 41.5 Å². The fourth-order valence-electron chi connectivity index (χ4n) is 9.20. The Balaban J connectivity index is 1.22. The predicted molar refractivity (Wildman–Crippen MR) is 292 cm³/mol. The Bertz CT molecular complexity index is 3250. The van der Waals surface area contributed by atoms with Crippen LogP contribution in [-0.4, -0.2) is 19.9 Å². The van der Waals surface area contributed by atoms with Gasteiger partial charge < -0.3 is 0 Å². The van der Waals surface area contributed by atoms with Crippen molar-refractivity contribution in [2.75, 3.05) is 9.80 Å². The van der Waals surface area contributed by atoms with E-state index in [-0.39, 0.29) is 0 Å². The first-order valence-electron chi connectivity index (χ1n) is 23.9. The van der Waals surface area contributed by atoms with Gasteiger partial charge in [-0.05, 0) is 77.9 Å². The fourth-order valence-corrected chi connectivity index (χ4v) is 9.20. The fraction of sp³-hybridized carbons (Fsp3) is 0.0938. The van der Waals surface area contributed by atoms with Crippen LogP contribution in [0.15, 0.2) is 206 Å². The second kappa shape index (κ2) is 18.4. The molecule has 0 spiro atoms. The lowest BCUT2D eigenvalue weighted by atomic mass is 9.96. The van der Waals surface area contributed by atoms with Crippen molar-refractivity contribution in [3.63, 3.8) is 0 Å². The average Bonchev–Trinajstić information content (AvgIpc) is 3.39. The quantitative estimate of drug-likeness (QED) is 0.101. The molecule has 2 aromatic heterocycles. The third-order valence-corrected chi connectivity index (χ3v) is 13.1. The second-order valence-electron chi connectivity index (χ2n) is 18.5. The number of rotatable bonds is 10. The minimum absolute atomic E-state index is 0.563. The van der Waals surface area contributed by atoms with E-state index in [0.29, 0.717) is 11.9 Å². The molecule has 9 aromatic carbocycles. The Morgan fingerprint density at radius 2 is 0.471 bits per heavy atom. The van der Waals surface area contributed by atoms with Crippen molar-refractivity contribution in [3.05, 3.63) is 240 Å². The van der Waals surface area contributed by atoms with Gasteiger partial charge in [0, 0.05) is 55.2 Å². The summed E-state index contributed by atoms with van der Waals surface area (Å²) in [6.07, 6.45) is 0. The molecule has 6 heteroatoms. The van der Waals surface area contributed by atoms with Crippen LogP contribution < -0.4 is 9.80 Å². The molecule has 0 radical (unpaired) electrons. The van der Waals surface area contributed by atoms with E-state index in [4.69, 9.17) is 19.9 Å². The van der Waals surface area contributed by atoms with Gasteiger partial charge in [0.1, 0.15) is 0 Å². The van der Waals surface area contributed by atoms with Gasteiger partial charge in [-0.2, -0.15) is 0 Å². The highest BCUT2D eigenvalue weighted by atomic mass is 15.3. The molecule has 70 heavy (non-hydrogen) atoms. The molecule has 2 heterocycles. The van der Waals surface area contributed by atoms with Crippen LogP contribution >= 0.6 is 0 Å². The van der Waals surface area contributed by atoms with Gasteiger partial charge in [0.05, 0.1) is 34.2 Å². The number of aromatic nitrogens is 4. The van der Waals surface area contributed by atoms with Crippen LogP contribution in [0.5, 0.6) is 0 Å². The van der Waals surface area contributed by atoms with Crippen molar-refractivity contribution >= 4 is 56.2 Å². The van der Waals surface area contributed by atoms with Gasteiger partial charge in [-0.15, -0.1) is 0 Å². The Kier molecular flexibility index (Phi) is 11.5. The Hall–Kier alpha value is -8.74. The summed E-state index contributed by atoms with van der Waals surface area (Å²) in [5, 5.41) is 4.07. The molecule has 0 N–H and O–H groups in total. The number of hydrogen-bond acceptors (Lipinski definition) is 6. The predicted octanol–water partition coefficient (Wildman–Crippen LogP) is 17.0. The molecule has 0 aliphatic rings. The highest BCUT2D eigenvalue weighted by Gasteiger charge is 2.29. The molecule has 0 aliphatic carbocycles. The van der Waals surface area contributed by atoms with Crippen molar-refractivity contribution in [2.24, 2.45) is 0 Å². The highest BCUT2D eigenvalue weighted by Crippen LogP contribution is 2.51. The first kappa shape index (κ1) is 43.8. The maximum Gasteiger partial charge on any atom is 0.235 e. The zero-order valence-electron chi connectivity index (χ0n) is 40.3. The van der Waals surface area contributed by atoms with Crippen molar-refractivity contribution < 1.29 is 0 Å². The van der Waals surface area contributed by atoms with E-state index in [1.54, 1.807) is 0 Å². The molecular formula is C64H52N6. The third-order valence-electron chi connectivity index (χ3n) is 13.1. The van der Waals surface area contributed by atoms with Crippen LogP contribution in [0.2, 0.25) is 0 Å². The molecule has 0 amide bonds. The minimum atomic E-state index is 0.563. The van der Waals surface area contributed by atoms with E-state index < -0.39 is 0 Å². The SMILES string of the molecule is Cc1ccc(-c2cc(-c3ccc(C)cc3)nc(N(c3ccc(C)cc3)c3c4ccccc4c(N(c4ccc(C)cc4)c4nc(-c5ccc(C)cc5)cc(-c5ccc(C)cc5)n4)c4ccccc34)n2)cc1. The van der Waals surface area contributed by atoms with E-state index >= 15 is 0 Å². The first-order chi connectivity index (χ1) is 34.1. The van der Waals surface area contributed by atoms with Crippen LogP contribution in [0.3, 0.4) is 0 Å². The van der Waals surface area contributed by atoms with Crippen LogP contribution in [0.4, 0.5) is 34.6 Å². The number of aryl methyl sites for hydroxylation is 6. The van der Waals surface area contributed by atoms with Gasteiger partial charge >= 0.3 is 0 Å². The molecule has 0 fully saturated rings. The lowest BCUT2D eigenvalue weighted by Gasteiger charge is -2.31. The highest BCUT2D eigenvalue weighted by molar-refractivity contribution is 6.23. The third kappa shape index (κ3) is 8.56. The molecule has 0 bridgehead atoms. The summed E-state index contributed by atoms with van der Waals surface area (Å²) in [6.45, 7) is 12.7. The summed E-state index contributed by atoms with van der Waals surface area (Å²) in [6, 6.07) is 73.3. The summed E-state index contributed by atoms with van der Waals surface area (Å²) < 4.78 is 0. The van der Waals surface area contributed by atoms with Gasteiger partial charge in [0.15, 0.2) is 0 Å². The molecular weight excluding hydrogens is 853 g/mol. The topological polar surface area (TPSA) is 58.0 Å². The summed E-state index contributed by atoms with van der Waals surface area (Å²) in [4.78, 5) is 26.5. The summed E-state index contributed by atoms with van der Waals surface area (Å²) >= 11 is 0. The normalized spacial score (nSPS) is 11.3. The Morgan fingerprint density at radius 3 is 0.700 bits per heavy atom. The smallest absolute Gasteiger partial charge is 0.235 e. The lowest BCUT2D eigenvalue weighted by molar-refractivity contribution is 1.09. The van der Waals surface area contributed by atoms with Gasteiger partial charge in [-0.25, -0.2) is 19.9 Å². The molecule has 0 aliphatic heterocycles. The standard InChI is InChI=1S/C64H52N6/c1-41-15-27-47(28-16-41)57-39-58(48-29-17-42(2)18-30-48)66-63(65-57)69(51-35-23-45(5)24-36-51)61-53-11-7-9-13-55(53)62(56-14-10-8-12-54(56)61)70(52-37-25-46(6)26-38-52)64-67-59(49-31-19-43(3)20-32-49)40-60(68-64)50-33-21-44(4)22-34-50/h7-40H,1-6H3. The van der Waals surface area contributed by atoms with Crippen LogP contribution in [0.1, 0.15) is 33.4 Å². The van der Waals surface area contributed by atoms with Crippen molar-refractivity contribution in [2.45, 2.75) is 41.5 Å². The lowest BCUT2D eigenvalue weighted by Crippen LogP contribution is -2.18. The molecule has 6 nitrogen and oxygen atoms in total. The largest absolute Gasteiger partial charge is 0.278 e. The first-order valence-corrected chi connectivity index (χ1v) is 23.9. The van der Waals surface area contributed by atoms with E-state index in [0.717, 1.165) is 100 Å². The number of benzene rings is 9. The van der Waals surface area contributed by atoms with Crippen LogP contribution in [0.25, 0.3) is 66.6 Å². The van der Waals surface area contributed by atoms with E-state index in [1.807, 2.05) is 0 Å². The monoisotopic (exact) mass is 904 g/mol. The summed E-state index contributed by atoms with van der Waals surface area (Å²) in [5.41, 5.74) is 18.3. The van der Waals surface area contributed by atoms with Crippen molar-refractivity contribution in [1.29, 1.82) is 0 Å². The van der Waals surface area contributed by atoms with Gasteiger partial charge in [-0.3, -0.25) is 9.80 Å². The Labute approximate surface area is 410 Å². The summed E-state index contributed by atoms with van der Waals surface area (Å²) in [7, 11) is 0. The van der Waals surface area contributed by atoms with Gasteiger partial charge in [0.2, 0.25) is 11.9 Å². The molecule has 0 unspecified atom stereocenters. The van der Waals surface area contributed by atoms with Crippen molar-refractivity contribution in [3.8, 4) is 45.0 Å². The molecule has 11 rings (SSSR count). The maximum absolute atomic E-state index is 5.50. The van der Waals surface area contributed by atoms with Crippen LogP contribution in [-0.2, 0) is 0 Å². The second-order valence-corrected chi connectivity index (χ2v) is 18.5. The van der Waals surface area contributed by atoms with Gasteiger partial charge in [-0.1, -0.05) is 203 Å². The molecule has 0 atom stereocenters. The molecule has 11 aromatic rings. The number of nitrogens with zero attached hydrogens (tertiary/aromatic N) is 6. The number of hydrogen-bond donors (Lipinski definition) is 0. The maximum atomic E-state index is 5.50. The Morgan fingerprint density at radius 1 is 0.257 bits per heavy atom. The summed E-state index contributed by atoms with van der Waals surface area (Å²) in [5.74, 6) is 1.13. The zero-order chi connectivity index (χ0) is 47.9. The number of anilines is 6. The number of fused-ring (bicyclic) bond motifs is 2.